The van der Waals surface area contributed by atoms with Gasteiger partial charge in [-0.1, -0.05) is 12.1 Å². The summed E-state index contributed by atoms with van der Waals surface area (Å²) in [6.07, 6.45) is 7.97. The normalized spacial score (nSPS) is 28.2. The van der Waals surface area contributed by atoms with Crippen LogP contribution >= 0.6 is 0 Å². The molecule has 1 amide bonds. The van der Waals surface area contributed by atoms with Gasteiger partial charge >= 0.3 is 0 Å². The lowest BCUT2D eigenvalue weighted by atomic mass is 9.83. The third-order valence-corrected chi connectivity index (χ3v) is 6.21. The summed E-state index contributed by atoms with van der Waals surface area (Å²) < 4.78 is 6.32. The zero-order chi connectivity index (χ0) is 19.0. The molecule has 2 atom stereocenters. The number of amides is 1. The molecular weight excluding hydrogens is 352 g/mol. The minimum Gasteiger partial charge on any atom is -0.361 e. The molecule has 4 heterocycles. The fourth-order valence-electron chi connectivity index (χ4n) is 4.63. The van der Waals surface area contributed by atoms with E-state index in [9.17, 15) is 4.79 Å². The first-order chi connectivity index (χ1) is 13.7. The summed E-state index contributed by atoms with van der Waals surface area (Å²) in [7, 11) is 0. The molecule has 6 heteroatoms. The van der Waals surface area contributed by atoms with E-state index in [2.05, 4.69) is 25.8 Å². The number of hydrogen-bond acceptors (Lipinski definition) is 5. The highest BCUT2D eigenvalue weighted by atomic mass is 16.5. The highest BCUT2D eigenvalue weighted by Gasteiger charge is 2.57. The molecular formula is C22H26N4O2. The Hall–Kier alpha value is -2.31. The van der Waals surface area contributed by atoms with Crippen LogP contribution in [0.25, 0.3) is 0 Å². The molecule has 0 bridgehead atoms. The van der Waals surface area contributed by atoms with Gasteiger partial charge in [-0.25, -0.2) is 0 Å². The van der Waals surface area contributed by atoms with Crippen molar-refractivity contribution in [2.24, 2.45) is 5.92 Å². The molecule has 1 spiro atoms. The molecule has 2 saturated heterocycles. The zero-order valence-electron chi connectivity index (χ0n) is 16.0. The average Bonchev–Trinajstić information content (AvgIpc) is 3.48. The highest BCUT2D eigenvalue weighted by Crippen LogP contribution is 2.43. The van der Waals surface area contributed by atoms with Crippen molar-refractivity contribution in [2.45, 2.75) is 30.9 Å². The van der Waals surface area contributed by atoms with Crippen LogP contribution in [0.2, 0.25) is 0 Å². The van der Waals surface area contributed by atoms with Crippen molar-refractivity contribution in [3.63, 3.8) is 0 Å². The summed E-state index contributed by atoms with van der Waals surface area (Å²) in [5.41, 5.74) is 1.28. The molecule has 2 aromatic heterocycles. The molecule has 146 valence electrons. The van der Waals surface area contributed by atoms with E-state index in [0.29, 0.717) is 25.6 Å². The summed E-state index contributed by atoms with van der Waals surface area (Å²) in [6, 6.07) is 9.98. The van der Waals surface area contributed by atoms with E-state index in [4.69, 9.17) is 4.74 Å². The number of morpholine rings is 1. The SMILES string of the molecule is O=C1N(CC2CC2)CCOC12CN(Cc1ccccn1)CC2c1cccnc1. The lowest BCUT2D eigenvalue weighted by Gasteiger charge is -2.42. The van der Waals surface area contributed by atoms with Crippen LogP contribution in [0.1, 0.15) is 30.0 Å². The van der Waals surface area contributed by atoms with Gasteiger partial charge < -0.3 is 9.64 Å². The van der Waals surface area contributed by atoms with E-state index in [1.165, 1.54) is 12.8 Å². The van der Waals surface area contributed by atoms with Gasteiger partial charge in [0.15, 0.2) is 5.60 Å². The zero-order valence-corrected chi connectivity index (χ0v) is 16.0. The Balaban J connectivity index is 1.44. The molecule has 2 unspecified atom stereocenters. The maximum absolute atomic E-state index is 13.6. The second-order valence-electron chi connectivity index (χ2n) is 8.26. The topological polar surface area (TPSA) is 58.6 Å². The van der Waals surface area contributed by atoms with Crippen LogP contribution in [0.4, 0.5) is 0 Å². The van der Waals surface area contributed by atoms with Crippen LogP contribution in [0.3, 0.4) is 0 Å². The Morgan fingerprint density at radius 1 is 1.18 bits per heavy atom. The van der Waals surface area contributed by atoms with Crippen LogP contribution in [-0.4, -0.2) is 64.1 Å². The smallest absolute Gasteiger partial charge is 0.256 e. The number of likely N-dealkylation sites (tertiary alicyclic amines) is 1. The second kappa shape index (κ2) is 7.26. The first-order valence-electron chi connectivity index (χ1n) is 10.2. The molecule has 5 rings (SSSR count). The molecule has 0 N–H and O–H groups in total. The van der Waals surface area contributed by atoms with E-state index in [1.807, 2.05) is 36.7 Å². The van der Waals surface area contributed by atoms with Crippen LogP contribution in [0, 0.1) is 5.92 Å². The van der Waals surface area contributed by atoms with Gasteiger partial charge in [0.05, 0.1) is 12.3 Å². The van der Waals surface area contributed by atoms with E-state index < -0.39 is 5.60 Å². The minimum absolute atomic E-state index is 0.0144. The van der Waals surface area contributed by atoms with Gasteiger partial charge in [-0.3, -0.25) is 19.7 Å². The fraction of sp³-hybridized carbons (Fsp3) is 0.500. The molecule has 1 saturated carbocycles. The van der Waals surface area contributed by atoms with Gasteiger partial charge in [0.1, 0.15) is 0 Å². The number of nitrogens with zero attached hydrogens (tertiary/aromatic N) is 4. The third kappa shape index (κ3) is 3.31. The van der Waals surface area contributed by atoms with Gasteiger partial charge in [0.2, 0.25) is 0 Å². The standard InChI is InChI=1S/C22H26N4O2/c27-21-22(28-11-10-26(21)13-17-6-7-17)16-25(14-19-5-1-2-9-24-19)15-20(22)18-4-3-8-23-12-18/h1-5,8-9,12,17,20H,6-7,10-11,13-16H2. The van der Waals surface area contributed by atoms with Crippen molar-refractivity contribution in [1.29, 1.82) is 0 Å². The van der Waals surface area contributed by atoms with Crippen molar-refractivity contribution in [3.8, 4) is 0 Å². The Bertz CT molecular complexity index is 827. The van der Waals surface area contributed by atoms with Gasteiger partial charge in [-0.2, -0.15) is 0 Å². The maximum Gasteiger partial charge on any atom is 0.256 e. The fourth-order valence-corrected chi connectivity index (χ4v) is 4.63. The lowest BCUT2D eigenvalue weighted by Crippen LogP contribution is -2.60. The predicted molar refractivity (Wildman–Crippen MR) is 104 cm³/mol. The van der Waals surface area contributed by atoms with Gasteiger partial charge in [-0.05, 0) is 42.5 Å². The van der Waals surface area contributed by atoms with Crippen molar-refractivity contribution in [3.05, 3.63) is 60.2 Å². The summed E-state index contributed by atoms with van der Waals surface area (Å²) in [5, 5.41) is 0. The van der Waals surface area contributed by atoms with E-state index in [1.54, 1.807) is 6.20 Å². The average molecular weight is 378 g/mol. The molecule has 2 aliphatic heterocycles. The van der Waals surface area contributed by atoms with E-state index in [0.717, 1.165) is 30.9 Å². The van der Waals surface area contributed by atoms with Gasteiger partial charge in [0.25, 0.3) is 5.91 Å². The lowest BCUT2D eigenvalue weighted by molar-refractivity contribution is -0.172. The number of ether oxygens (including phenoxy) is 1. The number of hydrogen-bond donors (Lipinski definition) is 0. The van der Waals surface area contributed by atoms with Crippen LogP contribution in [0.5, 0.6) is 0 Å². The van der Waals surface area contributed by atoms with Crippen molar-refractivity contribution < 1.29 is 9.53 Å². The van der Waals surface area contributed by atoms with E-state index in [-0.39, 0.29) is 11.8 Å². The van der Waals surface area contributed by atoms with Gasteiger partial charge in [-0.15, -0.1) is 0 Å². The van der Waals surface area contributed by atoms with Crippen molar-refractivity contribution >= 4 is 5.91 Å². The molecule has 0 radical (unpaired) electrons. The van der Waals surface area contributed by atoms with Crippen LogP contribution < -0.4 is 0 Å². The van der Waals surface area contributed by atoms with Crippen LogP contribution in [0.15, 0.2) is 48.9 Å². The van der Waals surface area contributed by atoms with Crippen LogP contribution in [-0.2, 0) is 16.1 Å². The highest BCUT2D eigenvalue weighted by molar-refractivity contribution is 5.88. The second-order valence-corrected chi connectivity index (χ2v) is 8.26. The van der Waals surface area contributed by atoms with Gasteiger partial charge in [0, 0.05) is 57.2 Å². The molecule has 3 fully saturated rings. The molecule has 6 nitrogen and oxygen atoms in total. The Morgan fingerprint density at radius 3 is 2.86 bits per heavy atom. The first kappa shape index (κ1) is 17.8. The quantitative estimate of drug-likeness (QED) is 0.797. The third-order valence-electron chi connectivity index (χ3n) is 6.21. The summed E-state index contributed by atoms with van der Waals surface area (Å²) in [4.78, 5) is 26.8. The predicted octanol–water partition coefficient (Wildman–Crippen LogP) is 2.08. The summed E-state index contributed by atoms with van der Waals surface area (Å²) in [6.45, 7) is 4.28. The summed E-state index contributed by atoms with van der Waals surface area (Å²) in [5.74, 6) is 0.824. The number of pyridine rings is 2. The number of aromatic nitrogens is 2. The Morgan fingerprint density at radius 2 is 2.11 bits per heavy atom. The molecule has 28 heavy (non-hydrogen) atoms. The molecule has 1 aliphatic carbocycles. The molecule has 2 aromatic rings. The molecule has 3 aliphatic rings. The minimum atomic E-state index is -0.815. The van der Waals surface area contributed by atoms with Crippen molar-refractivity contribution in [1.82, 2.24) is 19.8 Å². The first-order valence-corrected chi connectivity index (χ1v) is 10.2. The summed E-state index contributed by atoms with van der Waals surface area (Å²) >= 11 is 0. The largest absolute Gasteiger partial charge is 0.361 e. The number of carbonyl (C=O) groups is 1. The monoisotopic (exact) mass is 378 g/mol. The van der Waals surface area contributed by atoms with E-state index >= 15 is 0 Å². The Kier molecular flexibility index (Phi) is 4.61. The Labute approximate surface area is 165 Å². The van der Waals surface area contributed by atoms with Crippen molar-refractivity contribution in [2.75, 3.05) is 32.8 Å². The maximum atomic E-state index is 13.6. The number of carbonyl (C=O) groups excluding carboxylic acids is 1. The number of rotatable bonds is 5. The molecule has 0 aromatic carbocycles.